The van der Waals surface area contributed by atoms with Crippen molar-refractivity contribution in [3.8, 4) is 11.3 Å². The van der Waals surface area contributed by atoms with E-state index in [4.69, 9.17) is 9.47 Å². The second-order valence-corrected chi connectivity index (χ2v) is 6.90. The molecular weight excluding hydrogens is 413 g/mol. The molecule has 4 rings (SSSR count). The van der Waals surface area contributed by atoms with E-state index >= 15 is 0 Å². The number of aliphatic hydroxyl groups excluding tert-OH is 1. The highest BCUT2D eigenvalue weighted by atomic mass is 19.1. The molecule has 0 bridgehead atoms. The predicted octanol–water partition coefficient (Wildman–Crippen LogP) is 3.39. The molecule has 9 heteroatoms. The van der Waals surface area contributed by atoms with E-state index in [1.807, 2.05) is 0 Å². The van der Waals surface area contributed by atoms with Crippen LogP contribution in [0.25, 0.3) is 11.3 Å². The monoisotopic (exact) mass is 430 g/mol. The Morgan fingerprint density at radius 2 is 1.87 bits per heavy atom. The number of nitrogens with zero attached hydrogens (tertiary/aromatic N) is 2. The Morgan fingerprint density at radius 1 is 1.10 bits per heavy atom. The van der Waals surface area contributed by atoms with E-state index in [-0.39, 0.29) is 25.3 Å². The first-order valence-electron chi connectivity index (χ1n) is 9.42. The van der Waals surface area contributed by atoms with Crippen molar-refractivity contribution in [2.45, 2.75) is 18.8 Å². The molecule has 2 atom stereocenters. The summed E-state index contributed by atoms with van der Waals surface area (Å²) < 4.78 is 53.6. The third-order valence-corrected chi connectivity index (χ3v) is 4.83. The Kier molecular flexibility index (Phi) is 6.08. The molecule has 1 aromatic carbocycles. The van der Waals surface area contributed by atoms with Crippen molar-refractivity contribution < 1.29 is 32.5 Å². The van der Waals surface area contributed by atoms with Crippen LogP contribution in [0.4, 0.5) is 13.2 Å². The average Bonchev–Trinajstić information content (AvgIpc) is 3.24. The van der Waals surface area contributed by atoms with Crippen molar-refractivity contribution in [2.24, 2.45) is 0 Å². The molecule has 1 aliphatic rings. The molecule has 0 saturated carbocycles. The van der Waals surface area contributed by atoms with Gasteiger partial charge in [0.05, 0.1) is 18.8 Å². The van der Waals surface area contributed by atoms with Gasteiger partial charge in [-0.1, -0.05) is 6.07 Å². The van der Waals surface area contributed by atoms with Crippen LogP contribution in [0, 0.1) is 17.5 Å². The van der Waals surface area contributed by atoms with Crippen molar-refractivity contribution in [1.82, 2.24) is 9.97 Å². The lowest BCUT2D eigenvalue weighted by Crippen LogP contribution is -2.15. The molecule has 0 spiro atoms. The summed E-state index contributed by atoms with van der Waals surface area (Å²) in [5.74, 6) is -3.44. The summed E-state index contributed by atoms with van der Waals surface area (Å²) in [6.45, 7) is -0.00130. The number of hydrogen-bond acceptors (Lipinski definition) is 6. The zero-order chi connectivity index (χ0) is 22.0. The zero-order valence-electron chi connectivity index (χ0n) is 16.1. The number of Topliss-reactive ketones (excluding diaryl/α,β-unsaturated/α-hetero) is 1. The van der Waals surface area contributed by atoms with Crippen LogP contribution in [-0.4, -0.2) is 40.2 Å². The lowest BCUT2D eigenvalue weighted by atomic mass is 10.0. The van der Waals surface area contributed by atoms with E-state index in [0.29, 0.717) is 11.1 Å². The molecule has 3 heterocycles. The Bertz CT molecular complexity index is 1110. The van der Waals surface area contributed by atoms with E-state index in [1.54, 1.807) is 6.07 Å². The number of carbonyl (C=O) groups excluding carboxylic acids is 1. The van der Waals surface area contributed by atoms with Gasteiger partial charge in [-0.05, 0) is 35.9 Å². The normalized spacial score (nSPS) is 18.3. The first-order valence-corrected chi connectivity index (χ1v) is 9.42. The van der Waals surface area contributed by atoms with Gasteiger partial charge in [0.15, 0.2) is 12.1 Å². The van der Waals surface area contributed by atoms with Crippen LogP contribution in [0.5, 0.6) is 0 Å². The second-order valence-electron chi connectivity index (χ2n) is 6.90. The van der Waals surface area contributed by atoms with Gasteiger partial charge in [-0.15, -0.1) is 0 Å². The minimum absolute atomic E-state index is 0.157. The Hall–Kier alpha value is -3.14. The van der Waals surface area contributed by atoms with E-state index < -0.39 is 46.9 Å². The first-order chi connectivity index (χ1) is 15.0. The molecule has 6 nitrogen and oxygen atoms in total. The highest BCUT2D eigenvalue weighted by molar-refractivity contribution is 5.96. The first kappa shape index (κ1) is 21.1. The topological polar surface area (TPSA) is 81.5 Å². The molecule has 1 fully saturated rings. The maximum absolute atomic E-state index is 14.3. The highest BCUT2D eigenvalue weighted by Gasteiger charge is 2.29. The second kappa shape index (κ2) is 8.93. The summed E-state index contributed by atoms with van der Waals surface area (Å²) in [5, 5.41) is 9.21. The van der Waals surface area contributed by atoms with E-state index in [1.165, 1.54) is 12.4 Å². The molecular formula is C22H17F3N2O4. The van der Waals surface area contributed by atoms with Crippen molar-refractivity contribution in [3.05, 3.63) is 83.1 Å². The van der Waals surface area contributed by atoms with Gasteiger partial charge in [0.25, 0.3) is 0 Å². The lowest BCUT2D eigenvalue weighted by molar-refractivity contribution is -0.0680. The fraction of sp³-hybridized carbons (Fsp3) is 0.227. The summed E-state index contributed by atoms with van der Waals surface area (Å²) in [5.41, 5.74) is -0.335. The molecule has 31 heavy (non-hydrogen) atoms. The van der Waals surface area contributed by atoms with Crippen LogP contribution in [0.3, 0.4) is 0 Å². The van der Waals surface area contributed by atoms with Gasteiger partial charge in [0.2, 0.25) is 0 Å². The summed E-state index contributed by atoms with van der Waals surface area (Å²) in [7, 11) is 0. The van der Waals surface area contributed by atoms with Gasteiger partial charge in [-0.3, -0.25) is 9.78 Å². The smallest absolute Gasteiger partial charge is 0.185 e. The fourth-order valence-corrected chi connectivity index (χ4v) is 3.28. The van der Waals surface area contributed by atoms with Gasteiger partial charge < -0.3 is 14.6 Å². The molecule has 0 unspecified atom stereocenters. The fourth-order valence-electron chi connectivity index (χ4n) is 3.28. The van der Waals surface area contributed by atoms with Crippen molar-refractivity contribution in [1.29, 1.82) is 0 Å². The van der Waals surface area contributed by atoms with Crippen LogP contribution in [-0.2, 0) is 15.9 Å². The number of rotatable bonds is 6. The molecule has 1 N–H and O–H groups in total. The summed E-state index contributed by atoms with van der Waals surface area (Å²) in [6, 6.07) is 6.85. The summed E-state index contributed by atoms with van der Waals surface area (Å²) in [4.78, 5) is 20.7. The maximum Gasteiger partial charge on any atom is 0.185 e. The summed E-state index contributed by atoms with van der Waals surface area (Å²) >= 11 is 0. The molecule has 3 aromatic rings. The third kappa shape index (κ3) is 4.34. The van der Waals surface area contributed by atoms with Gasteiger partial charge >= 0.3 is 0 Å². The number of ketones is 1. The van der Waals surface area contributed by atoms with Gasteiger partial charge in [0.1, 0.15) is 34.9 Å². The lowest BCUT2D eigenvalue weighted by Gasteiger charge is -2.14. The predicted molar refractivity (Wildman–Crippen MR) is 102 cm³/mol. The minimum Gasteiger partial charge on any atom is -0.394 e. The molecule has 0 aliphatic carbocycles. The van der Waals surface area contributed by atoms with Crippen molar-refractivity contribution in [2.75, 3.05) is 13.2 Å². The van der Waals surface area contributed by atoms with E-state index in [9.17, 15) is 23.1 Å². The zero-order valence-corrected chi connectivity index (χ0v) is 16.1. The number of aliphatic hydroxyl groups is 1. The Balaban J connectivity index is 1.62. The maximum atomic E-state index is 14.3. The number of halogens is 3. The van der Waals surface area contributed by atoms with Crippen LogP contribution in [0.1, 0.15) is 27.9 Å². The SMILES string of the molecule is O=C(Cc1cnccc1[C@H]1OC[C@H](CO)O1)c1ccc(F)c(-c2c(F)cccc2F)n1. The standard InChI is InChI=1S/C22H17F3N2O4/c23-15-2-1-3-16(24)20(15)21-17(25)4-5-18(27-21)19(29)8-12-9-26-7-6-14(12)22-30-11-13(10-28)31-22/h1-7,9,13,22,28H,8,10-11H2/t13-,22-/m0/s1. The average molecular weight is 430 g/mol. The van der Waals surface area contributed by atoms with Crippen molar-refractivity contribution in [3.63, 3.8) is 0 Å². The van der Waals surface area contributed by atoms with Gasteiger partial charge in [0, 0.05) is 24.4 Å². The van der Waals surface area contributed by atoms with Crippen LogP contribution in [0.2, 0.25) is 0 Å². The number of pyridine rings is 2. The molecule has 1 saturated heterocycles. The molecule has 0 radical (unpaired) electrons. The van der Waals surface area contributed by atoms with Crippen LogP contribution in [0.15, 0.2) is 48.8 Å². The van der Waals surface area contributed by atoms with E-state index in [2.05, 4.69) is 9.97 Å². The number of ether oxygens (including phenoxy) is 2. The molecule has 1 aliphatic heterocycles. The Morgan fingerprint density at radius 3 is 2.58 bits per heavy atom. The van der Waals surface area contributed by atoms with Crippen LogP contribution < -0.4 is 0 Å². The van der Waals surface area contributed by atoms with Crippen LogP contribution >= 0.6 is 0 Å². The number of hydrogen-bond donors (Lipinski definition) is 1. The largest absolute Gasteiger partial charge is 0.394 e. The van der Waals surface area contributed by atoms with E-state index in [0.717, 1.165) is 30.3 Å². The van der Waals surface area contributed by atoms with Crippen molar-refractivity contribution >= 4 is 5.78 Å². The molecule has 160 valence electrons. The minimum atomic E-state index is -0.987. The van der Waals surface area contributed by atoms with Gasteiger partial charge in [-0.25, -0.2) is 18.2 Å². The number of carbonyl (C=O) groups is 1. The summed E-state index contributed by atoms with van der Waals surface area (Å²) in [6.07, 6.45) is 1.56. The highest BCUT2D eigenvalue weighted by Crippen LogP contribution is 2.30. The molecule has 0 amide bonds. The number of aromatic nitrogens is 2. The quantitative estimate of drug-likeness (QED) is 0.604. The molecule has 2 aromatic heterocycles. The van der Waals surface area contributed by atoms with Gasteiger partial charge in [-0.2, -0.15) is 0 Å². The third-order valence-electron chi connectivity index (χ3n) is 4.83. The number of benzene rings is 1. The Labute approximate surface area is 175 Å².